The fourth-order valence-electron chi connectivity index (χ4n) is 0.966. The molecule has 0 aliphatic rings. The standard InChI is InChI=1S/C12H25NO8/c1-9(2)12(3,4)21-11(15)19-6-5-18-7-10(14)8-20-13(16)17/h9-10,14,16-17H,5-8H2,1-4H3/t10-/m1/s1. The molecule has 0 heterocycles. The van der Waals surface area contributed by atoms with Crippen LogP contribution in [0.15, 0.2) is 0 Å². The highest BCUT2D eigenvalue weighted by molar-refractivity contribution is 5.60. The molecule has 9 heteroatoms. The van der Waals surface area contributed by atoms with E-state index in [-0.39, 0.29) is 32.3 Å². The van der Waals surface area contributed by atoms with E-state index in [2.05, 4.69) is 4.84 Å². The molecule has 0 aliphatic heterocycles. The van der Waals surface area contributed by atoms with Gasteiger partial charge in [-0.15, -0.1) is 0 Å². The van der Waals surface area contributed by atoms with E-state index in [1.807, 2.05) is 13.8 Å². The molecule has 9 nitrogen and oxygen atoms in total. The summed E-state index contributed by atoms with van der Waals surface area (Å²) in [7, 11) is 0. The van der Waals surface area contributed by atoms with Crippen LogP contribution in [0.4, 0.5) is 4.79 Å². The monoisotopic (exact) mass is 311 g/mol. The van der Waals surface area contributed by atoms with Crippen molar-refractivity contribution in [2.45, 2.75) is 39.4 Å². The van der Waals surface area contributed by atoms with E-state index in [1.165, 1.54) is 0 Å². The molecule has 0 aliphatic carbocycles. The van der Waals surface area contributed by atoms with Gasteiger partial charge in [0, 0.05) is 0 Å². The molecule has 0 rings (SSSR count). The minimum absolute atomic E-state index is 0.0211. The summed E-state index contributed by atoms with van der Waals surface area (Å²) in [6.07, 6.45) is -1.82. The Morgan fingerprint density at radius 1 is 1.19 bits per heavy atom. The summed E-state index contributed by atoms with van der Waals surface area (Å²) in [6, 6.07) is 0. The number of ether oxygens (including phenoxy) is 3. The maximum absolute atomic E-state index is 11.4. The molecule has 3 N–H and O–H groups in total. The van der Waals surface area contributed by atoms with Crippen LogP contribution < -0.4 is 0 Å². The lowest BCUT2D eigenvalue weighted by Gasteiger charge is -2.28. The summed E-state index contributed by atoms with van der Waals surface area (Å²) in [4.78, 5) is 15.6. The number of carbonyl (C=O) groups is 1. The Hall–Kier alpha value is -0.970. The summed E-state index contributed by atoms with van der Waals surface area (Å²) in [5.41, 5.74) is -0.619. The second-order valence-electron chi connectivity index (χ2n) is 5.24. The van der Waals surface area contributed by atoms with Crippen LogP contribution in [0.1, 0.15) is 27.7 Å². The van der Waals surface area contributed by atoms with Crippen molar-refractivity contribution in [1.29, 1.82) is 0 Å². The summed E-state index contributed by atoms with van der Waals surface area (Å²) in [5, 5.41) is 25.3. The van der Waals surface area contributed by atoms with Crippen molar-refractivity contribution < 1.29 is 39.4 Å². The number of aliphatic hydroxyl groups excluding tert-OH is 1. The molecular formula is C12H25NO8. The molecule has 0 saturated heterocycles. The van der Waals surface area contributed by atoms with Crippen LogP contribution in [0.5, 0.6) is 0 Å². The van der Waals surface area contributed by atoms with Gasteiger partial charge in [-0.3, -0.25) is 10.4 Å². The minimum atomic E-state index is -1.04. The minimum Gasteiger partial charge on any atom is -0.432 e. The largest absolute Gasteiger partial charge is 0.508 e. The summed E-state index contributed by atoms with van der Waals surface area (Å²) >= 11 is 0. The van der Waals surface area contributed by atoms with Crippen LogP contribution in [0, 0.1) is 5.92 Å². The molecule has 0 amide bonds. The van der Waals surface area contributed by atoms with Crippen molar-refractivity contribution in [3.8, 4) is 0 Å². The van der Waals surface area contributed by atoms with Gasteiger partial charge in [0.15, 0.2) is 0 Å². The van der Waals surface area contributed by atoms with Crippen LogP contribution in [-0.4, -0.2) is 65.2 Å². The van der Waals surface area contributed by atoms with Crippen molar-refractivity contribution >= 4 is 6.16 Å². The van der Waals surface area contributed by atoms with E-state index >= 15 is 0 Å². The number of aliphatic hydroxyl groups is 1. The lowest BCUT2D eigenvalue weighted by molar-refractivity contribution is -0.495. The first-order valence-electron chi connectivity index (χ1n) is 6.57. The molecule has 126 valence electrons. The van der Waals surface area contributed by atoms with Gasteiger partial charge >= 0.3 is 6.16 Å². The molecule has 0 aromatic rings. The number of rotatable bonds is 10. The number of hydrogen-bond acceptors (Lipinski definition) is 9. The zero-order chi connectivity index (χ0) is 16.5. The maximum atomic E-state index is 11.4. The van der Waals surface area contributed by atoms with E-state index in [0.29, 0.717) is 0 Å². The van der Waals surface area contributed by atoms with Crippen LogP contribution >= 0.6 is 0 Å². The Morgan fingerprint density at radius 2 is 1.81 bits per heavy atom. The Balaban J connectivity index is 3.65. The highest BCUT2D eigenvalue weighted by Crippen LogP contribution is 2.20. The Morgan fingerprint density at radius 3 is 2.33 bits per heavy atom. The van der Waals surface area contributed by atoms with Gasteiger partial charge in [-0.05, 0) is 19.8 Å². The first kappa shape index (κ1) is 20.0. The third-order valence-electron chi connectivity index (χ3n) is 2.88. The molecule has 0 saturated carbocycles. The van der Waals surface area contributed by atoms with E-state index in [4.69, 9.17) is 24.6 Å². The third kappa shape index (κ3) is 10.4. The fraction of sp³-hybridized carbons (Fsp3) is 0.917. The number of nitrogens with zero attached hydrogens (tertiary/aromatic N) is 1. The Kier molecular flexibility index (Phi) is 9.42. The highest BCUT2D eigenvalue weighted by atomic mass is 17.1. The van der Waals surface area contributed by atoms with Gasteiger partial charge in [0.2, 0.25) is 0 Å². The lowest BCUT2D eigenvalue weighted by atomic mass is 9.95. The topological polar surface area (TPSA) is 118 Å². The van der Waals surface area contributed by atoms with Crippen molar-refractivity contribution in [1.82, 2.24) is 5.39 Å². The summed E-state index contributed by atoms with van der Waals surface area (Å²) < 4.78 is 15.0. The van der Waals surface area contributed by atoms with Gasteiger partial charge in [0.25, 0.3) is 0 Å². The van der Waals surface area contributed by atoms with Crippen molar-refractivity contribution in [3.63, 3.8) is 0 Å². The van der Waals surface area contributed by atoms with E-state index < -0.39 is 23.3 Å². The zero-order valence-corrected chi connectivity index (χ0v) is 12.8. The molecule has 0 spiro atoms. The fourth-order valence-corrected chi connectivity index (χ4v) is 0.966. The van der Waals surface area contributed by atoms with Gasteiger partial charge in [0.05, 0.1) is 18.6 Å². The molecule has 0 unspecified atom stereocenters. The number of carbonyl (C=O) groups excluding carboxylic acids is 1. The lowest BCUT2D eigenvalue weighted by Crippen LogP contribution is -2.34. The predicted molar refractivity (Wildman–Crippen MR) is 69.5 cm³/mol. The Labute approximate surface area is 123 Å². The van der Waals surface area contributed by atoms with E-state index in [1.54, 1.807) is 13.8 Å². The van der Waals surface area contributed by atoms with Crippen molar-refractivity contribution in [2.24, 2.45) is 5.92 Å². The quantitative estimate of drug-likeness (QED) is 0.308. The SMILES string of the molecule is CC(C)C(C)(C)OC(=O)OCCOC[C@@H](O)CON(O)O. The maximum Gasteiger partial charge on any atom is 0.508 e. The van der Waals surface area contributed by atoms with Gasteiger partial charge in [-0.1, -0.05) is 13.8 Å². The van der Waals surface area contributed by atoms with Gasteiger partial charge < -0.3 is 19.3 Å². The van der Waals surface area contributed by atoms with Gasteiger partial charge in [-0.2, -0.15) is 0 Å². The van der Waals surface area contributed by atoms with Crippen LogP contribution in [0.25, 0.3) is 0 Å². The molecule has 21 heavy (non-hydrogen) atoms. The Bertz CT molecular complexity index is 295. The third-order valence-corrected chi connectivity index (χ3v) is 2.88. The van der Waals surface area contributed by atoms with Gasteiger partial charge in [0.1, 0.15) is 24.9 Å². The van der Waals surface area contributed by atoms with Crippen LogP contribution in [0.2, 0.25) is 0 Å². The molecule has 1 atom stereocenters. The van der Waals surface area contributed by atoms with Gasteiger partial charge in [-0.25, -0.2) is 9.63 Å². The van der Waals surface area contributed by atoms with Crippen molar-refractivity contribution in [2.75, 3.05) is 26.4 Å². The zero-order valence-electron chi connectivity index (χ0n) is 12.8. The normalized spacial score (nSPS) is 13.6. The first-order valence-corrected chi connectivity index (χ1v) is 6.57. The molecule has 0 aromatic heterocycles. The highest BCUT2D eigenvalue weighted by Gasteiger charge is 2.27. The molecule has 0 radical (unpaired) electrons. The first-order chi connectivity index (χ1) is 9.65. The number of hydrogen-bond donors (Lipinski definition) is 3. The molecule has 0 aromatic carbocycles. The second kappa shape index (κ2) is 9.87. The molecular weight excluding hydrogens is 286 g/mol. The van der Waals surface area contributed by atoms with E-state index in [9.17, 15) is 9.90 Å². The average molecular weight is 311 g/mol. The second-order valence-corrected chi connectivity index (χ2v) is 5.24. The summed E-state index contributed by atoms with van der Waals surface area (Å²) in [5.74, 6) is 0.147. The van der Waals surface area contributed by atoms with Crippen LogP contribution in [0.3, 0.4) is 0 Å². The van der Waals surface area contributed by atoms with Crippen molar-refractivity contribution in [3.05, 3.63) is 0 Å². The van der Waals surface area contributed by atoms with E-state index in [0.717, 1.165) is 0 Å². The predicted octanol–water partition coefficient (Wildman–Crippen LogP) is 0.964. The molecule has 0 fully saturated rings. The average Bonchev–Trinajstić information content (AvgIpc) is 2.35. The van der Waals surface area contributed by atoms with Crippen LogP contribution in [-0.2, 0) is 19.0 Å². The molecule has 0 bridgehead atoms. The smallest absolute Gasteiger partial charge is 0.432 e. The summed E-state index contributed by atoms with van der Waals surface area (Å²) in [6.45, 7) is 7.03.